The van der Waals surface area contributed by atoms with Gasteiger partial charge in [0.1, 0.15) is 0 Å². The summed E-state index contributed by atoms with van der Waals surface area (Å²) in [5.41, 5.74) is 16.8. The van der Waals surface area contributed by atoms with Crippen LogP contribution in [-0.2, 0) is 17.1 Å². The van der Waals surface area contributed by atoms with Gasteiger partial charge in [0.2, 0.25) is 0 Å². The van der Waals surface area contributed by atoms with E-state index in [-0.39, 0.29) is 17.1 Å². The zero-order valence-electron chi connectivity index (χ0n) is 7.06. The Morgan fingerprint density at radius 2 is 2.00 bits per heavy atom. The van der Waals surface area contributed by atoms with Gasteiger partial charge in [-0.15, -0.1) is 23.8 Å². The van der Waals surface area contributed by atoms with Crippen molar-refractivity contribution in [3.63, 3.8) is 0 Å². The summed E-state index contributed by atoms with van der Waals surface area (Å²) in [7, 11) is 0. The molecule has 0 aromatic carbocycles. The van der Waals surface area contributed by atoms with E-state index in [9.17, 15) is 0 Å². The number of hydrogen-bond donors (Lipinski definition) is 0. The SMILES string of the molecule is CCC1=C=C=C=[C-]1.[C]1=C=C=C=[C-]1.[Fe+2]. The molecule has 0 nitrogen and oxygen atoms in total. The van der Waals surface area contributed by atoms with E-state index in [4.69, 9.17) is 0 Å². The molecule has 0 spiro atoms. The van der Waals surface area contributed by atoms with Gasteiger partial charge in [0.15, 0.2) is 0 Å². The summed E-state index contributed by atoms with van der Waals surface area (Å²) in [5.74, 6) is 0. The fourth-order valence-corrected chi connectivity index (χ4v) is 0.578. The van der Waals surface area contributed by atoms with Gasteiger partial charge < -0.3 is 0 Å². The third-order valence-electron chi connectivity index (χ3n) is 1.16. The first-order valence-corrected chi connectivity index (χ1v) is 3.56. The van der Waals surface area contributed by atoms with Crippen LogP contribution in [0.25, 0.3) is 0 Å². The fourth-order valence-electron chi connectivity index (χ4n) is 0.578. The molecule has 2 rings (SSSR count). The van der Waals surface area contributed by atoms with E-state index in [0.717, 1.165) is 12.0 Å². The molecular formula is C12H5Fe. The summed E-state index contributed by atoms with van der Waals surface area (Å²) in [6.45, 7) is 2.06. The van der Waals surface area contributed by atoms with Crippen LogP contribution in [-0.4, -0.2) is 0 Å². The molecule has 0 atom stereocenters. The topological polar surface area (TPSA) is 0 Å². The number of hydrogen-bond acceptors (Lipinski definition) is 0. The summed E-state index contributed by atoms with van der Waals surface area (Å²) in [6, 6.07) is 0. The molecule has 0 saturated heterocycles. The first-order valence-electron chi connectivity index (χ1n) is 3.56. The summed E-state index contributed by atoms with van der Waals surface area (Å²) >= 11 is 0. The van der Waals surface area contributed by atoms with Crippen LogP contribution < -0.4 is 0 Å². The van der Waals surface area contributed by atoms with Gasteiger partial charge in [0.05, 0.1) is 0 Å². The average Bonchev–Trinajstić information content (AvgIpc) is 2.81. The molecule has 0 N–H and O–H groups in total. The fraction of sp³-hybridized carbons (Fsp3) is 0.167. The van der Waals surface area contributed by atoms with Crippen LogP contribution in [0, 0.1) is 18.2 Å². The first-order chi connectivity index (χ1) is 5.93. The molecule has 0 aromatic heterocycles. The molecule has 0 amide bonds. The van der Waals surface area contributed by atoms with Crippen molar-refractivity contribution < 1.29 is 17.1 Å². The molecule has 0 bridgehead atoms. The Morgan fingerprint density at radius 1 is 1.15 bits per heavy atom. The van der Waals surface area contributed by atoms with Crippen LogP contribution in [0.3, 0.4) is 0 Å². The van der Waals surface area contributed by atoms with Crippen molar-refractivity contribution in [2.75, 3.05) is 0 Å². The predicted octanol–water partition coefficient (Wildman–Crippen LogP) is 2.23. The van der Waals surface area contributed by atoms with Crippen molar-refractivity contribution in [3.05, 3.63) is 58.2 Å². The maximum atomic E-state index is 2.85. The van der Waals surface area contributed by atoms with Crippen molar-refractivity contribution in [1.29, 1.82) is 0 Å². The molecule has 0 aliphatic heterocycles. The molecule has 0 aromatic rings. The Hall–Kier alpha value is -1.32. The number of rotatable bonds is 1. The molecule has 1 radical (unpaired) electrons. The van der Waals surface area contributed by atoms with E-state index >= 15 is 0 Å². The maximum absolute atomic E-state index is 2.85. The Kier molecular flexibility index (Phi) is 6.59. The molecule has 1 heteroatoms. The van der Waals surface area contributed by atoms with E-state index in [1.54, 1.807) is 0 Å². The van der Waals surface area contributed by atoms with E-state index in [2.05, 4.69) is 59.5 Å². The van der Waals surface area contributed by atoms with Crippen molar-refractivity contribution in [2.45, 2.75) is 13.3 Å². The second-order valence-electron chi connectivity index (χ2n) is 1.96. The van der Waals surface area contributed by atoms with Crippen LogP contribution in [0.15, 0.2) is 40.0 Å². The first kappa shape index (κ1) is 11.7. The van der Waals surface area contributed by atoms with Crippen LogP contribution in [0.2, 0.25) is 0 Å². The molecular weight excluding hydrogens is 200 g/mol. The van der Waals surface area contributed by atoms with Crippen LogP contribution in [0.4, 0.5) is 0 Å². The van der Waals surface area contributed by atoms with Crippen molar-refractivity contribution in [2.24, 2.45) is 0 Å². The summed E-state index contributed by atoms with van der Waals surface area (Å²) in [6.07, 6.45) is 8.84. The summed E-state index contributed by atoms with van der Waals surface area (Å²) < 4.78 is 0. The smallest absolute Gasteiger partial charge is 0.291 e. The molecule has 2 aliphatic carbocycles. The third-order valence-corrected chi connectivity index (χ3v) is 1.16. The van der Waals surface area contributed by atoms with Crippen molar-refractivity contribution in [1.82, 2.24) is 0 Å². The number of allylic oxidation sites excluding steroid dienone is 4. The third kappa shape index (κ3) is 5.00. The van der Waals surface area contributed by atoms with Gasteiger partial charge in [-0.05, 0) is 6.42 Å². The minimum absolute atomic E-state index is 0. The molecule has 0 unspecified atom stereocenters. The molecule has 0 fully saturated rings. The van der Waals surface area contributed by atoms with Gasteiger partial charge in [-0.1, -0.05) is 6.92 Å². The van der Waals surface area contributed by atoms with Crippen LogP contribution >= 0.6 is 0 Å². The standard InChI is InChI=1S/C7H5.C5.Fe/c1-2-7-5-3-4-6-7;1-2-4-5-3-1;/h2H2,1H3;;/q2*-1;+2. The van der Waals surface area contributed by atoms with Crippen molar-refractivity contribution >= 4 is 0 Å². The predicted molar refractivity (Wildman–Crippen MR) is 44.6 cm³/mol. The van der Waals surface area contributed by atoms with Gasteiger partial charge in [-0.2, -0.15) is 0 Å². The zero-order valence-corrected chi connectivity index (χ0v) is 8.16. The average molecular weight is 205 g/mol. The molecule has 0 heterocycles. The van der Waals surface area contributed by atoms with Gasteiger partial charge in [-0.25, -0.2) is 11.5 Å². The minimum Gasteiger partial charge on any atom is -0.291 e. The summed E-state index contributed by atoms with van der Waals surface area (Å²) in [5, 5.41) is 0. The largest absolute Gasteiger partial charge is 2.00 e. The van der Waals surface area contributed by atoms with Crippen LogP contribution in [0.5, 0.6) is 0 Å². The molecule has 2 aliphatic rings. The monoisotopic (exact) mass is 205 g/mol. The molecule has 13 heavy (non-hydrogen) atoms. The van der Waals surface area contributed by atoms with E-state index in [1.807, 2.05) is 0 Å². The van der Waals surface area contributed by atoms with Crippen molar-refractivity contribution in [3.8, 4) is 0 Å². The van der Waals surface area contributed by atoms with Gasteiger partial charge in [0, 0.05) is 0 Å². The van der Waals surface area contributed by atoms with Gasteiger partial charge in [0.25, 0.3) is 0 Å². The second kappa shape index (κ2) is 7.34. The Labute approximate surface area is 88.8 Å². The Balaban J connectivity index is 0.000000215. The maximum Gasteiger partial charge on any atom is 2.00 e. The van der Waals surface area contributed by atoms with E-state index in [1.165, 1.54) is 0 Å². The zero-order chi connectivity index (χ0) is 8.65. The van der Waals surface area contributed by atoms with Crippen LogP contribution in [0.1, 0.15) is 13.3 Å². The summed E-state index contributed by atoms with van der Waals surface area (Å²) in [4.78, 5) is 0. The molecule has 0 saturated carbocycles. The minimum atomic E-state index is 0. The Morgan fingerprint density at radius 3 is 2.23 bits per heavy atom. The van der Waals surface area contributed by atoms with E-state index in [0.29, 0.717) is 0 Å². The quantitative estimate of drug-likeness (QED) is 0.349. The van der Waals surface area contributed by atoms with E-state index < -0.39 is 0 Å². The second-order valence-corrected chi connectivity index (χ2v) is 1.96. The normalized spacial score (nSPS) is 11.3. The Bertz CT molecular complexity index is 412. The molecule has 61 valence electrons. The van der Waals surface area contributed by atoms with Gasteiger partial charge >= 0.3 is 17.1 Å². The van der Waals surface area contributed by atoms with Gasteiger partial charge in [-0.3, -0.25) is 22.9 Å².